The minimum Gasteiger partial charge on any atom is -0.496 e. The van der Waals surface area contributed by atoms with Crippen molar-refractivity contribution < 1.29 is 14.3 Å². The minimum atomic E-state index is 0. The molecule has 24 heavy (non-hydrogen) atoms. The van der Waals surface area contributed by atoms with Crippen LogP contribution >= 0.6 is 8.58 Å². The van der Waals surface area contributed by atoms with Crippen LogP contribution < -0.4 is 14.8 Å². The Bertz CT molecular complexity index is 850. The molecule has 0 saturated carbocycles. The van der Waals surface area contributed by atoms with Gasteiger partial charge in [0.15, 0.2) is 5.52 Å². The normalized spacial score (nSPS) is 10.6. The summed E-state index contributed by atoms with van der Waals surface area (Å²) in [5, 5.41) is 2.78. The summed E-state index contributed by atoms with van der Waals surface area (Å²) in [7, 11) is 3.24. The average molecular weight is 331 g/mol. The molecule has 0 aliphatic carbocycles. The molecule has 0 fully saturated rings. The van der Waals surface area contributed by atoms with Gasteiger partial charge in [0.1, 0.15) is 11.5 Å². The van der Waals surface area contributed by atoms with E-state index in [-0.39, 0.29) is 33.0 Å². The van der Waals surface area contributed by atoms with Crippen LogP contribution in [-0.2, 0) is 0 Å². The van der Waals surface area contributed by atoms with E-state index < -0.39 is 0 Å². The summed E-state index contributed by atoms with van der Waals surface area (Å²) < 4.78 is 10.9. The molecule has 3 aromatic carbocycles. The van der Waals surface area contributed by atoms with Crippen molar-refractivity contribution in [2.24, 2.45) is 0 Å². The van der Waals surface area contributed by atoms with Crippen molar-refractivity contribution in [3.63, 3.8) is 0 Å². The number of hydrogen-bond acceptors (Lipinski definition) is 3. The summed E-state index contributed by atoms with van der Waals surface area (Å²) >= 11 is 0. The Morgan fingerprint density at radius 2 is 1.54 bits per heavy atom. The molecule has 0 amide bonds. The van der Waals surface area contributed by atoms with Crippen LogP contribution in [-0.4, -0.2) is 38.6 Å². The van der Waals surface area contributed by atoms with E-state index >= 15 is 0 Å². The quantitative estimate of drug-likeness (QED) is 0.529. The Morgan fingerprint density at radius 1 is 0.833 bits per heavy atom. The van der Waals surface area contributed by atoms with Crippen molar-refractivity contribution in [2.45, 2.75) is 0 Å². The summed E-state index contributed by atoms with van der Waals surface area (Å²) in [5.74, 6) is 1.26. The second-order valence-corrected chi connectivity index (χ2v) is 6.30. The van der Waals surface area contributed by atoms with Gasteiger partial charge in [-0.15, -0.1) is 0 Å². The molecule has 1 radical (unpaired) electrons. The maximum absolute atomic E-state index is 13.0. The zero-order valence-electron chi connectivity index (χ0n) is 14.0. The maximum Gasteiger partial charge on any atom is 0.190 e. The number of carbonyl (C=O) groups excluding carboxylic acids is 1. The molecule has 0 N–H and O–H groups in total. The second kappa shape index (κ2) is 8.36. The van der Waals surface area contributed by atoms with Crippen LogP contribution in [0.5, 0.6) is 11.5 Å². The van der Waals surface area contributed by atoms with E-state index in [0.717, 1.165) is 16.1 Å². The third kappa shape index (κ3) is 3.65. The second-order valence-electron chi connectivity index (χ2n) is 5.02. The molecule has 3 nitrogen and oxygen atoms in total. The van der Waals surface area contributed by atoms with Gasteiger partial charge in [-0.3, -0.25) is 4.79 Å². The molecule has 0 saturated heterocycles. The Hall–Kier alpha value is -1.78. The molecular weight excluding hydrogens is 314 g/mol. The number of ether oxygens (including phenoxy) is 2. The fraction of sp³-hybridized carbons (Fsp3) is 0.105. The third-order valence-electron chi connectivity index (χ3n) is 3.67. The number of hydrogen-bond donors (Lipinski definition) is 0. The molecule has 0 heterocycles. The SMILES string of the molecule is COc1ccc2cccc(OC)c2c1C(=O)Pc1ccccc1.[Li]. The first kappa shape index (κ1) is 18.6. The van der Waals surface area contributed by atoms with Crippen molar-refractivity contribution in [3.8, 4) is 11.5 Å². The van der Waals surface area contributed by atoms with Gasteiger partial charge in [-0.1, -0.05) is 48.5 Å². The van der Waals surface area contributed by atoms with Gasteiger partial charge in [0, 0.05) is 24.2 Å². The fourth-order valence-electron chi connectivity index (χ4n) is 2.61. The first-order valence-corrected chi connectivity index (χ1v) is 8.24. The molecule has 0 bridgehead atoms. The summed E-state index contributed by atoms with van der Waals surface area (Å²) in [4.78, 5) is 13.0. The molecule has 3 rings (SSSR count). The number of rotatable bonds is 5. The van der Waals surface area contributed by atoms with Crippen LogP contribution in [0.3, 0.4) is 0 Å². The van der Waals surface area contributed by atoms with Crippen LogP contribution in [0.15, 0.2) is 60.7 Å². The monoisotopic (exact) mass is 331 g/mol. The average Bonchev–Trinajstić information content (AvgIpc) is 2.60. The van der Waals surface area contributed by atoms with Crippen molar-refractivity contribution in [3.05, 3.63) is 66.2 Å². The third-order valence-corrected chi connectivity index (χ3v) is 4.77. The van der Waals surface area contributed by atoms with Gasteiger partial charge in [-0.25, -0.2) is 0 Å². The molecule has 0 aliphatic rings. The summed E-state index contributed by atoms with van der Waals surface area (Å²) in [5.41, 5.74) is 0.632. The molecule has 1 atom stereocenters. The van der Waals surface area contributed by atoms with E-state index in [1.165, 1.54) is 0 Å². The first-order chi connectivity index (χ1) is 11.2. The van der Waals surface area contributed by atoms with E-state index in [2.05, 4.69) is 0 Å². The van der Waals surface area contributed by atoms with Crippen LogP contribution in [0, 0.1) is 0 Å². The predicted octanol–water partition coefficient (Wildman–Crippen LogP) is 3.62. The molecule has 0 aromatic heterocycles. The molecule has 3 aromatic rings. The summed E-state index contributed by atoms with van der Waals surface area (Å²) in [6.07, 6.45) is 0. The smallest absolute Gasteiger partial charge is 0.190 e. The van der Waals surface area contributed by atoms with E-state index in [1.807, 2.05) is 60.7 Å². The van der Waals surface area contributed by atoms with Crippen LogP contribution in [0.4, 0.5) is 0 Å². The van der Waals surface area contributed by atoms with Gasteiger partial charge in [0.2, 0.25) is 0 Å². The molecular formula is C19H17LiO3P. The predicted molar refractivity (Wildman–Crippen MR) is 102 cm³/mol. The molecule has 5 heteroatoms. The van der Waals surface area contributed by atoms with Gasteiger partial charge in [0.25, 0.3) is 0 Å². The molecule has 1 unspecified atom stereocenters. The van der Waals surface area contributed by atoms with Gasteiger partial charge in [-0.05, 0) is 31.4 Å². The van der Waals surface area contributed by atoms with Crippen molar-refractivity contribution in [1.82, 2.24) is 0 Å². The van der Waals surface area contributed by atoms with Crippen molar-refractivity contribution in [1.29, 1.82) is 0 Å². The Kier molecular flexibility index (Phi) is 6.46. The summed E-state index contributed by atoms with van der Waals surface area (Å²) in [6, 6.07) is 19.3. The van der Waals surface area contributed by atoms with Gasteiger partial charge >= 0.3 is 0 Å². The van der Waals surface area contributed by atoms with Gasteiger partial charge in [-0.2, -0.15) is 0 Å². The number of fused-ring (bicyclic) bond motifs is 1. The standard InChI is InChI=1S/C19H17O3P.Li/c1-21-15-10-6-7-13-11-12-16(22-2)18(17(13)15)19(20)23-14-8-4-3-5-9-14;/h3-12,23H,1-2H3;. The van der Waals surface area contributed by atoms with Gasteiger partial charge < -0.3 is 9.47 Å². The number of carbonyl (C=O) groups is 1. The molecule has 0 aliphatic heterocycles. The van der Waals surface area contributed by atoms with E-state index in [0.29, 0.717) is 17.1 Å². The molecule has 117 valence electrons. The summed E-state index contributed by atoms with van der Waals surface area (Å²) in [6.45, 7) is 0. The van der Waals surface area contributed by atoms with Crippen LogP contribution in [0.1, 0.15) is 10.4 Å². The fourth-order valence-corrected chi connectivity index (χ4v) is 3.60. The molecule has 0 spiro atoms. The number of benzene rings is 3. The largest absolute Gasteiger partial charge is 0.496 e. The van der Waals surface area contributed by atoms with Gasteiger partial charge in [0.05, 0.1) is 19.8 Å². The Balaban J connectivity index is 0.00000208. The van der Waals surface area contributed by atoms with Crippen LogP contribution in [0.25, 0.3) is 10.8 Å². The Labute approximate surface area is 155 Å². The Morgan fingerprint density at radius 3 is 2.21 bits per heavy atom. The van der Waals surface area contributed by atoms with E-state index in [4.69, 9.17) is 9.47 Å². The van der Waals surface area contributed by atoms with E-state index in [1.54, 1.807) is 14.2 Å². The van der Waals surface area contributed by atoms with Crippen molar-refractivity contribution in [2.75, 3.05) is 14.2 Å². The zero-order valence-corrected chi connectivity index (χ0v) is 15.0. The first-order valence-electron chi connectivity index (χ1n) is 7.24. The van der Waals surface area contributed by atoms with E-state index in [9.17, 15) is 4.79 Å². The van der Waals surface area contributed by atoms with Crippen LogP contribution in [0.2, 0.25) is 0 Å². The minimum absolute atomic E-state index is 0. The number of methoxy groups -OCH3 is 2. The van der Waals surface area contributed by atoms with Crippen molar-refractivity contribution >= 4 is 49.0 Å². The maximum atomic E-state index is 13.0. The zero-order chi connectivity index (χ0) is 16.2. The topological polar surface area (TPSA) is 35.5 Å².